The average molecular weight is 440 g/mol. The summed E-state index contributed by atoms with van der Waals surface area (Å²) in [6.07, 6.45) is 0. The van der Waals surface area contributed by atoms with Gasteiger partial charge in [0.1, 0.15) is 17.2 Å². The van der Waals surface area contributed by atoms with E-state index in [1.165, 1.54) is 25.1 Å². The molecule has 10 heteroatoms. The molecule has 0 aliphatic carbocycles. The fourth-order valence-corrected chi connectivity index (χ4v) is 3.91. The zero-order chi connectivity index (χ0) is 22.9. The second kappa shape index (κ2) is 8.39. The van der Waals surface area contributed by atoms with Crippen LogP contribution in [0.15, 0.2) is 35.2 Å². The summed E-state index contributed by atoms with van der Waals surface area (Å²) in [5.41, 5.74) is -1.28. The van der Waals surface area contributed by atoms with Gasteiger partial charge >= 0.3 is 5.97 Å². The second-order valence-electron chi connectivity index (χ2n) is 7.60. The first-order chi connectivity index (χ1) is 13.7. The minimum absolute atomic E-state index is 0.173. The zero-order valence-electron chi connectivity index (χ0n) is 17.1. The molecule has 0 aliphatic heterocycles. The molecule has 0 atom stereocenters. The van der Waals surface area contributed by atoms with Gasteiger partial charge in [-0.25, -0.2) is 22.0 Å². The van der Waals surface area contributed by atoms with Crippen molar-refractivity contribution in [2.24, 2.45) is 0 Å². The van der Waals surface area contributed by atoms with Gasteiger partial charge in [0.25, 0.3) is 15.9 Å². The van der Waals surface area contributed by atoms with Crippen molar-refractivity contribution in [3.8, 4) is 0 Å². The first kappa shape index (κ1) is 23.3. The standard InChI is InChI=1S/C20H22F2N2O5S/c1-11-8-12(18(25)23-20(2,3)4)6-7-16(11)30(27,28)24-13-9-14(21)17(15(22)10-13)19(26)29-5/h6-10,24H,1-5H3,(H,23,25). The lowest BCUT2D eigenvalue weighted by Crippen LogP contribution is -2.40. The third kappa shape index (κ3) is 5.32. The average Bonchev–Trinajstić information content (AvgIpc) is 2.58. The number of esters is 1. The molecule has 0 saturated heterocycles. The summed E-state index contributed by atoms with van der Waals surface area (Å²) >= 11 is 0. The number of methoxy groups -OCH3 is 1. The van der Waals surface area contributed by atoms with Crippen LogP contribution in [-0.4, -0.2) is 32.9 Å². The molecule has 0 aliphatic rings. The lowest BCUT2D eigenvalue weighted by atomic mass is 10.1. The van der Waals surface area contributed by atoms with Gasteiger partial charge in [-0.15, -0.1) is 0 Å². The van der Waals surface area contributed by atoms with Gasteiger partial charge in [-0.3, -0.25) is 9.52 Å². The van der Waals surface area contributed by atoms with Crippen LogP contribution in [0.2, 0.25) is 0 Å². The topological polar surface area (TPSA) is 102 Å². The first-order valence-corrected chi connectivity index (χ1v) is 10.3. The second-order valence-corrected chi connectivity index (χ2v) is 9.25. The minimum atomic E-state index is -4.22. The summed E-state index contributed by atoms with van der Waals surface area (Å²) in [5.74, 6) is -4.14. The van der Waals surface area contributed by atoms with Crippen LogP contribution in [0.5, 0.6) is 0 Å². The molecule has 30 heavy (non-hydrogen) atoms. The van der Waals surface area contributed by atoms with Crippen LogP contribution >= 0.6 is 0 Å². The number of hydrogen-bond acceptors (Lipinski definition) is 5. The Kier molecular flexibility index (Phi) is 6.51. The van der Waals surface area contributed by atoms with E-state index in [1.54, 1.807) is 0 Å². The van der Waals surface area contributed by atoms with Crippen LogP contribution in [0, 0.1) is 18.6 Å². The Morgan fingerprint density at radius 3 is 2.07 bits per heavy atom. The van der Waals surface area contributed by atoms with E-state index in [0.29, 0.717) is 12.1 Å². The summed E-state index contributed by atoms with van der Waals surface area (Å²) in [6.45, 7) is 6.92. The maximum atomic E-state index is 14.1. The van der Waals surface area contributed by atoms with Crippen LogP contribution in [0.3, 0.4) is 0 Å². The Morgan fingerprint density at radius 1 is 1.03 bits per heavy atom. The summed E-state index contributed by atoms with van der Waals surface area (Å²) in [7, 11) is -3.26. The Labute approximate surface area is 173 Å². The number of carbonyl (C=O) groups is 2. The fraction of sp³-hybridized carbons (Fsp3) is 0.300. The Hall–Kier alpha value is -3.01. The molecule has 2 N–H and O–H groups in total. The van der Waals surface area contributed by atoms with E-state index in [4.69, 9.17) is 0 Å². The van der Waals surface area contributed by atoms with Gasteiger partial charge in [0, 0.05) is 11.1 Å². The van der Waals surface area contributed by atoms with Crippen molar-refractivity contribution in [1.29, 1.82) is 0 Å². The van der Waals surface area contributed by atoms with Gasteiger partial charge < -0.3 is 10.1 Å². The van der Waals surface area contributed by atoms with Crippen LogP contribution in [0.25, 0.3) is 0 Å². The molecular weight excluding hydrogens is 418 g/mol. The minimum Gasteiger partial charge on any atom is -0.465 e. The number of amides is 1. The predicted octanol–water partition coefficient (Wildman–Crippen LogP) is 3.39. The summed E-state index contributed by atoms with van der Waals surface area (Å²) in [4.78, 5) is 23.5. The van der Waals surface area contributed by atoms with Gasteiger partial charge in [-0.05, 0) is 63.6 Å². The number of aryl methyl sites for hydroxylation is 1. The lowest BCUT2D eigenvalue weighted by Gasteiger charge is -2.21. The number of anilines is 1. The number of nitrogens with one attached hydrogen (secondary N) is 2. The quantitative estimate of drug-likeness (QED) is 0.694. The molecule has 162 valence electrons. The number of hydrogen-bond donors (Lipinski definition) is 2. The van der Waals surface area contributed by atoms with E-state index in [1.807, 2.05) is 20.8 Å². The van der Waals surface area contributed by atoms with Crippen molar-refractivity contribution in [3.05, 3.63) is 58.7 Å². The van der Waals surface area contributed by atoms with Crippen molar-refractivity contribution in [3.63, 3.8) is 0 Å². The number of benzene rings is 2. The third-order valence-corrected chi connectivity index (χ3v) is 5.44. The van der Waals surface area contributed by atoms with E-state index in [-0.39, 0.29) is 21.9 Å². The normalized spacial score (nSPS) is 11.7. The maximum Gasteiger partial charge on any atom is 0.343 e. The lowest BCUT2D eigenvalue weighted by molar-refractivity contribution is 0.0589. The number of rotatable bonds is 5. The largest absolute Gasteiger partial charge is 0.465 e. The van der Waals surface area contributed by atoms with Gasteiger partial charge in [-0.2, -0.15) is 0 Å². The molecular formula is C20H22F2N2O5S. The molecule has 0 fully saturated rings. The molecule has 2 aromatic rings. The number of carbonyl (C=O) groups excluding carboxylic acids is 2. The van der Waals surface area contributed by atoms with E-state index in [2.05, 4.69) is 14.8 Å². The zero-order valence-corrected chi connectivity index (χ0v) is 17.9. The summed E-state index contributed by atoms with van der Waals surface area (Å²) < 4.78 is 59.8. The number of sulfonamides is 1. The molecule has 7 nitrogen and oxygen atoms in total. The number of ether oxygens (including phenoxy) is 1. The van der Waals surface area contributed by atoms with E-state index < -0.39 is 44.4 Å². The molecule has 0 saturated carbocycles. The van der Waals surface area contributed by atoms with Gasteiger partial charge in [0.05, 0.1) is 17.7 Å². The van der Waals surface area contributed by atoms with E-state index in [9.17, 15) is 26.8 Å². The van der Waals surface area contributed by atoms with E-state index in [0.717, 1.165) is 7.11 Å². The SMILES string of the molecule is COC(=O)c1c(F)cc(NS(=O)(=O)c2ccc(C(=O)NC(C)(C)C)cc2C)cc1F. The molecule has 2 rings (SSSR count). The van der Waals surface area contributed by atoms with Crippen molar-refractivity contribution < 1.29 is 31.5 Å². The van der Waals surface area contributed by atoms with Gasteiger partial charge in [-0.1, -0.05) is 0 Å². The first-order valence-electron chi connectivity index (χ1n) is 8.78. The Morgan fingerprint density at radius 2 is 1.60 bits per heavy atom. The molecule has 0 heterocycles. The molecule has 2 aromatic carbocycles. The summed E-state index contributed by atoms with van der Waals surface area (Å²) in [5, 5.41) is 2.77. The van der Waals surface area contributed by atoms with Gasteiger partial charge in [0.15, 0.2) is 0 Å². The van der Waals surface area contributed by atoms with Crippen LogP contribution < -0.4 is 10.0 Å². The van der Waals surface area contributed by atoms with Crippen LogP contribution in [0.1, 0.15) is 47.1 Å². The molecule has 0 aromatic heterocycles. The Balaban J connectivity index is 2.34. The highest BCUT2D eigenvalue weighted by Crippen LogP contribution is 2.24. The molecule has 0 radical (unpaired) electrons. The smallest absolute Gasteiger partial charge is 0.343 e. The van der Waals surface area contributed by atoms with Crippen molar-refractivity contribution in [1.82, 2.24) is 5.32 Å². The highest BCUT2D eigenvalue weighted by atomic mass is 32.2. The maximum absolute atomic E-state index is 14.1. The highest BCUT2D eigenvalue weighted by molar-refractivity contribution is 7.92. The van der Waals surface area contributed by atoms with Crippen LogP contribution in [0.4, 0.5) is 14.5 Å². The fourth-order valence-electron chi connectivity index (χ4n) is 2.64. The molecule has 0 bridgehead atoms. The molecule has 0 spiro atoms. The summed E-state index contributed by atoms with van der Waals surface area (Å²) in [6, 6.07) is 5.31. The predicted molar refractivity (Wildman–Crippen MR) is 107 cm³/mol. The number of halogens is 2. The molecule has 0 unspecified atom stereocenters. The highest BCUT2D eigenvalue weighted by Gasteiger charge is 2.23. The van der Waals surface area contributed by atoms with Crippen molar-refractivity contribution in [2.75, 3.05) is 11.8 Å². The van der Waals surface area contributed by atoms with Gasteiger partial charge in [0.2, 0.25) is 0 Å². The van der Waals surface area contributed by atoms with Crippen molar-refractivity contribution >= 4 is 27.6 Å². The third-order valence-electron chi connectivity index (χ3n) is 3.90. The van der Waals surface area contributed by atoms with Crippen LogP contribution in [-0.2, 0) is 14.8 Å². The van der Waals surface area contributed by atoms with Crippen molar-refractivity contribution in [2.45, 2.75) is 38.1 Å². The molecule has 1 amide bonds. The van der Waals surface area contributed by atoms with E-state index >= 15 is 0 Å². The Bertz CT molecular complexity index is 1090. The monoisotopic (exact) mass is 440 g/mol.